The van der Waals surface area contributed by atoms with Crippen LogP contribution in [0.3, 0.4) is 0 Å². The predicted molar refractivity (Wildman–Crippen MR) is 72.2 cm³/mol. The molecule has 4 heteroatoms. The topological polar surface area (TPSA) is 48.1 Å². The molecule has 1 aliphatic carbocycles. The molecule has 1 aliphatic rings. The first kappa shape index (κ1) is 12.3. The van der Waals surface area contributed by atoms with E-state index in [1.165, 1.54) is 32.1 Å². The van der Waals surface area contributed by atoms with Crippen LogP contribution >= 0.6 is 12.2 Å². The molecule has 3 nitrogen and oxygen atoms in total. The van der Waals surface area contributed by atoms with Crippen molar-refractivity contribution in [2.45, 2.75) is 32.1 Å². The molecule has 0 saturated heterocycles. The number of aromatic nitrogens is 1. The van der Waals surface area contributed by atoms with Crippen molar-refractivity contribution in [3.05, 3.63) is 23.9 Å². The van der Waals surface area contributed by atoms with Gasteiger partial charge < -0.3 is 10.5 Å². The summed E-state index contributed by atoms with van der Waals surface area (Å²) < 4.78 is 5.76. The third kappa shape index (κ3) is 3.40. The van der Waals surface area contributed by atoms with Crippen molar-refractivity contribution >= 4 is 17.2 Å². The van der Waals surface area contributed by atoms with Crippen LogP contribution in [-0.2, 0) is 0 Å². The van der Waals surface area contributed by atoms with Crippen LogP contribution in [0.1, 0.15) is 37.7 Å². The number of pyridine rings is 1. The van der Waals surface area contributed by atoms with E-state index in [9.17, 15) is 0 Å². The Morgan fingerprint density at radius 2 is 2.18 bits per heavy atom. The summed E-state index contributed by atoms with van der Waals surface area (Å²) in [6, 6.07) is 3.67. The van der Waals surface area contributed by atoms with E-state index in [1.807, 2.05) is 12.1 Å². The molecule has 92 valence electrons. The fourth-order valence-electron chi connectivity index (χ4n) is 2.24. The van der Waals surface area contributed by atoms with Gasteiger partial charge in [-0.1, -0.05) is 31.5 Å². The maximum atomic E-state index is 5.76. The van der Waals surface area contributed by atoms with Crippen LogP contribution in [0.5, 0.6) is 5.88 Å². The first-order valence-electron chi connectivity index (χ1n) is 6.15. The summed E-state index contributed by atoms with van der Waals surface area (Å²) >= 11 is 4.98. The summed E-state index contributed by atoms with van der Waals surface area (Å²) in [6.45, 7) is 0.729. The van der Waals surface area contributed by atoms with E-state index in [-0.39, 0.29) is 0 Å². The lowest BCUT2D eigenvalue weighted by Crippen LogP contribution is -2.18. The third-order valence-corrected chi connectivity index (χ3v) is 3.44. The molecular formula is C13H18N2OS. The second-order valence-corrected chi connectivity index (χ2v) is 4.98. The molecule has 0 amide bonds. The normalized spacial score (nSPS) is 16.7. The molecule has 1 heterocycles. The van der Waals surface area contributed by atoms with Crippen LogP contribution in [0.4, 0.5) is 0 Å². The molecule has 2 N–H and O–H groups in total. The fourth-order valence-corrected chi connectivity index (χ4v) is 2.40. The van der Waals surface area contributed by atoms with Crippen LogP contribution in [-0.4, -0.2) is 16.6 Å². The lowest BCUT2D eigenvalue weighted by Gasteiger charge is -2.21. The second kappa shape index (κ2) is 5.96. The number of nitrogens with zero attached hydrogens (tertiary/aromatic N) is 1. The number of hydrogen-bond acceptors (Lipinski definition) is 3. The monoisotopic (exact) mass is 250 g/mol. The lowest BCUT2D eigenvalue weighted by molar-refractivity contribution is 0.202. The molecule has 17 heavy (non-hydrogen) atoms. The first-order chi connectivity index (χ1) is 8.27. The van der Waals surface area contributed by atoms with Crippen LogP contribution in [0.2, 0.25) is 0 Å². The minimum Gasteiger partial charge on any atom is -0.477 e. The number of thiocarbonyl (C=S) groups is 1. The van der Waals surface area contributed by atoms with E-state index >= 15 is 0 Å². The van der Waals surface area contributed by atoms with Crippen molar-refractivity contribution in [2.75, 3.05) is 6.61 Å². The van der Waals surface area contributed by atoms with Gasteiger partial charge in [0.15, 0.2) is 0 Å². The molecule has 0 aliphatic heterocycles. The largest absolute Gasteiger partial charge is 0.477 e. The third-order valence-electron chi connectivity index (χ3n) is 3.22. The fraction of sp³-hybridized carbons (Fsp3) is 0.538. The maximum Gasteiger partial charge on any atom is 0.223 e. The molecule has 1 aromatic rings. The van der Waals surface area contributed by atoms with E-state index in [0.29, 0.717) is 16.8 Å². The van der Waals surface area contributed by atoms with Crippen molar-refractivity contribution in [3.8, 4) is 5.88 Å². The van der Waals surface area contributed by atoms with Gasteiger partial charge in [-0.15, -0.1) is 0 Å². The molecule has 0 bridgehead atoms. The van der Waals surface area contributed by atoms with Gasteiger partial charge in [-0.2, -0.15) is 0 Å². The Labute approximate surface area is 107 Å². The zero-order chi connectivity index (χ0) is 12.1. The van der Waals surface area contributed by atoms with Crippen molar-refractivity contribution in [1.29, 1.82) is 0 Å². The standard InChI is InChI=1S/C13H18N2OS/c14-12(17)11-7-4-8-15-13(11)16-9-10-5-2-1-3-6-10/h4,7-8,10H,1-3,5-6,9H2,(H2,14,17). The van der Waals surface area contributed by atoms with E-state index < -0.39 is 0 Å². The molecule has 2 rings (SSSR count). The van der Waals surface area contributed by atoms with E-state index in [4.69, 9.17) is 22.7 Å². The van der Waals surface area contributed by atoms with E-state index in [1.54, 1.807) is 6.20 Å². The van der Waals surface area contributed by atoms with Gasteiger partial charge in [-0.05, 0) is 30.9 Å². The minimum atomic E-state index is 0.344. The zero-order valence-corrected chi connectivity index (χ0v) is 10.7. The Morgan fingerprint density at radius 3 is 2.88 bits per heavy atom. The summed E-state index contributed by atoms with van der Waals surface area (Å²) in [7, 11) is 0. The van der Waals surface area contributed by atoms with Crippen LogP contribution < -0.4 is 10.5 Å². The summed E-state index contributed by atoms with van der Waals surface area (Å²) in [6.07, 6.45) is 8.22. The summed E-state index contributed by atoms with van der Waals surface area (Å²) in [4.78, 5) is 4.54. The smallest absolute Gasteiger partial charge is 0.223 e. The number of nitrogens with two attached hydrogens (primary N) is 1. The maximum absolute atomic E-state index is 5.76. The van der Waals surface area contributed by atoms with E-state index in [0.717, 1.165) is 12.2 Å². The summed E-state index contributed by atoms with van der Waals surface area (Å²) in [5.41, 5.74) is 6.37. The molecule has 0 aromatic carbocycles. The Balaban J connectivity index is 1.96. The molecule has 0 unspecified atom stereocenters. The Morgan fingerprint density at radius 1 is 1.41 bits per heavy atom. The van der Waals surface area contributed by atoms with Crippen molar-refractivity contribution in [1.82, 2.24) is 4.98 Å². The Kier molecular flexibility index (Phi) is 4.31. The average molecular weight is 250 g/mol. The average Bonchev–Trinajstić information content (AvgIpc) is 2.38. The lowest BCUT2D eigenvalue weighted by atomic mass is 9.90. The van der Waals surface area contributed by atoms with Gasteiger partial charge in [0.2, 0.25) is 5.88 Å². The molecule has 1 saturated carbocycles. The van der Waals surface area contributed by atoms with Gasteiger partial charge in [0.05, 0.1) is 12.2 Å². The minimum absolute atomic E-state index is 0.344. The SMILES string of the molecule is NC(=S)c1cccnc1OCC1CCCCC1. The molecule has 1 aromatic heterocycles. The molecule has 0 atom stereocenters. The molecule has 0 spiro atoms. The van der Waals surface area contributed by atoms with Crippen LogP contribution in [0.25, 0.3) is 0 Å². The van der Waals surface area contributed by atoms with Gasteiger partial charge in [-0.25, -0.2) is 4.98 Å². The van der Waals surface area contributed by atoms with E-state index in [2.05, 4.69) is 4.98 Å². The summed E-state index contributed by atoms with van der Waals surface area (Å²) in [5.74, 6) is 1.23. The molecule has 0 radical (unpaired) electrons. The Hall–Kier alpha value is -1.16. The highest BCUT2D eigenvalue weighted by molar-refractivity contribution is 7.80. The van der Waals surface area contributed by atoms with Crippen molar-refractivity contribution in [2.24, 2.45) is 11.7 Å². The Bertz CT molecular complexity index is 389. The highest BCUT2D eigenvalue weighted by Crippen LogP contribution is 2.24. The number of ether oxygens (including phenoxy) is 1. The van der Waals surface area contributed by atoms with Crippen molar-refractivity contribution < 1.29 is 4.74 Å². The van der Waals surface area contributed by atoms with Crippen LogP contribution in [0.15, 0.2) is 18.3 Å². The predicted octanol–water partition coefficient (Wildman–Crippen LogP) is 2.67. The highest BCUT2D eigenvalue weighted by atomic mass is 32.1. The van der Waals surface area contributed by atoms with Gasteiger partial charge in [0.25, 0.3) is 0 Å². The van der Waals surface area contributed by atoms with Crippen molar-refractivity contribution in [3.63, 3.8) is 0 Å². The first-order valence-corrected chi connectivity index (χ1v) is 6.56. The molecular weight excluding hydrogens is 232 g/mol. The van der Waals surface area contributed by atoms with Gasteiger partial charge in [0.1, 0.15) is 4.99 Å². The van der Waals surface area contributed by atoms with Gasteiger partial charge >= 0.3 is 0 Å². The van der Waals surface area contributed by atoms with Gasteiger partial charge in [0, 0.05) is 6.20 Å². The molecule has 1 fully saturated rings. The zero-order valence-electron chi connectivity index (χ0n) is 9.89. The highest BCUT2D eigenvalue weighted by Gasteiger charge is 2.15. The van der Waals surface area contributed by atoms with Crippen LogP contribution in [0, 0.1) is 5.92 Å². The number of rotatable bonds is 4. The summed E-state index contributed by atoms with van der Waals surface area (Å²) in [5, 5.41) is 0. The number of hydrogen-bond donors (Lipinski definition) is 1. The quantitative estimate of drug-likeness (QED) is 0.835. The second-order valence-electron chi connectivity index (χ2n) is 4.54. The van der Waals surface area contributed by atoms with Gasteiger partial charge in [-0.3, -0.25) is 0 Å².